The SMILES string of the molecule is COc1cc(N)c(N(C)CC2CC(O)C2)cc1OC. The first kappa shape index (κ1) is 13.8. The minimum atomic E-state index is -0.124. The summed E-state index contributed by atoms with van der Waals surface area (Å²) < 4.78 is 10.5. The van der Waals surface area contributed by atoms with Gasteiger partial charge in [-0.3, -0.25) is 0 Å². The average Bonchev–Trinajstić information content (AvgIpc) is 2.36. The van der Waals surface area contributed by atoms with Gasteiger partial charge >= 0.3 is 0 Å². The van der Waals surface area contributed by atoms with Crippen LogP contribution in [0.5, 0.6) is 11.5 Å². The molecule has 1 aromatic carbocycles. The van der Waals surface area contributed by atoms with Crippen molar-refractivity contribution in [3.05, 3.63) is 12.1 Å². The molecule has 0 atom stereocenters. The number of aliphatic hydroxyl groups excluding tert-OH is 1. The van der Waals surface area contributed by atoms with Crippen LogP contribution in [0.25, 0.3) is 0 Å². The second kappa shape index (κ2) is 5.57. The average molecular weight is 266 g/mol. The minimum absolute atomic E-state index is 0.124. The van der Waals surface area contributed by atoms with Gasteiger partial charge in [-0.15, -0.1) is 0 Å². The van der Waals surface area contributed by atoms with E-state index in [4.69, 9.17) is 15.2 Å². The van der Waals surface area contributed by atoms with Gasteiger partial charge < -0.3 is 25.2 Å². The van der Waals surface area contributed by atoms with Crippen molar-refractivity contribution in [3.8, 4) is 11.5 Å². The predicted molar refractivity (Wildman–Crippen MR) is 76.0 cm³/mol. The van der Waals surface area contributed by atoms with E-state index in [9.17, 15) is 5.11 Å². The third-order valence-corrected chi connectivity index (χ3v) is 3.69. The maximum atomic E-state index is 9.33. The van der Waals surface area contributed by atoms with E-state index in [1.165, 1.54) is 0 Å². The Hall–Kier alpha value is -1.62. The summed E-state index contributed by atoms with van der Waals surface area (Å²) in [7, 11) is 5.21. The number of benzene rings is 1. The molecule has 1 aliphatic carbocycles. The molecule has 0 saturated heterocycles. The van der Waals surface area contributed by atoms with Crippen molar-refractivity contribution in [2.75, 3.05) is 38.4 Å². The van der Waals surface area contributed by atoms with E-state index in [2.05, 4.69) is 4.90 Å². The van der Waals surface area contributed by atoms with Crippen LogP contribution in [0.3, 0.4) is 0 Å². The fourth-order valence-electron chi connectivity index (χ4n) is 2.55. The van der Waals surface area contributed by atoms with E-state index >= 15 is 0 Å². The second-order valence-electron chi connectivity index (χ2n) is 5.14. The van der Waals surface area contributed by atoms with Crippen molar-refractivity contribution in [3.63, 3.8) is 0 Å². The van der Waals surface area contributed by atoms with E-state index in [-0.39, 0.29) is 6.10 Å². The topological polar surface area (TPSA) is 68.0 Å². The number of nitrogens with zero attached hydrogens (tertiary/aromatic N) is 1. The standard InChI is InChI=1S/C14H22N2O3/c1-16(8-9-4-10(17)5-9)12-7-14(19-3)13(18-2)6-11(12)15/h6-7,9-10,17H,4-5,8,15H2,1-3H3. The Labute approximate surface area is 113 Å². The first-order chi connectivity index (χ1) is 9.05. The van der Waals surface area contributed by atoms with Crippen LogP contribution in [0.4, 0.5) is 11.4 Å². The van der Waals surface area contributed by atoms with Gasteiger partial charge in [0.2, 0.25) is 0 Å². The van der Waals surface area contributed by atoms with Crippen LogP contribution in [0.15, 0.2) is 12.1 Å². The summed E-state index contributed by atoms with van der Waals surface area (Å²) in [6.07, 6.45) is 1.62. The molecular formula is C14H22N2O3. The molecule has 5 nitrogen and oxygen atoms in total. The molecule has 1 aliphatic rings. The van der Waals surface area contributed by atoms with Crippen molar-refractivity contribution >= 4 is 11.4 Å². The zero-order chi connectivity index (χ0) is 14.0. The zero-order valence-electron chi connectivity index (χ0n) is 11.7. The van der Waals surface area contributed by atoms with Crippen LogP contribution >= 0.6 is 0 Å². The van der Waals surface area contributed by atoms with Crippen LogP contribution in [0.2, 0.25) is 0 Å². The van der Waals surface area contributed by atoms with E-state index in [0.717, 1.165) is 25.1 Å². The number of hydrogen-bond donors (Lipinski definition) is 2. The highest BCUT2D eigenvalue weighted by molar-refractivity contribution is 5.73. The molecule has 0 spiro atoms. The molecule has 3 N–H and O–H groups in total. The van der Waals surface area contributed by atoms with Gasteiger partial charge in [-0.05, 0) is 18.8 Å². The normalized spacial score (nSPS) is 21.7. The summed E-state index contributed by atoms with van der Waals surface area (Å²) in [5.41, 5.74) is 7.65. The molecule has 5 heteroatoms. The highest BCUT2D eigenvalue weighted by Crippen LogP contribution is 2.37. The zero-order valence-corrected chi connectivity index (χ0v) is 11.7. The molecular weight excluding hydrogens is 244 g/mol. The third kappa shape index (κ3) is 2.87. The molecule has 0 unspecified atom stereocenters. The third-order valence-electron chi connectivity index (χ3n) is 3.69. The van der Waals surface area contributed by atoms with Gasteiger partial charge in [0.1, 0.15) is 0 Å². The second-order valence-corrected chi connectivity index (χ2v) is 5.14. The number of hydrogen-bond acceptors (Lipinski definition) is 5. The first-order valence-corrected chi connectivity index (χ1v) is 6.45. The molecule has 0 aliphatic heterocycles. The molecule has 19 heavy (non-hydrogen) atoms. The molecule has 0 bridgehead atoms. The fraction of sp³-hybridized carbons (Fsp3) is 0.571. The Balaban J connectivity index is 2.14. The monoisotopic (exact) mass is 266 g/mol. The summed E-state index contributed by atoms with van der Waals surface area (Å²) in [6, 6.07) is 3.67. The predicted octanol–water partition coefficient (Wildman–Crippen LogP) is 1.49. The lowest BCUT2D eigenvalue weighted by Crippen LogP contribution is -2.37. The van der Waals surface area contributed by atoms with Gasteiger partial charge in [0.05, 0.1) is 31.7 Å². The van der Waals surface area contributed by atoms with Gasteiger partial charge in [0.25, 0.3) is 0 Å². The molecule has 0 radical (unpaired) electrons. The van der Waals surface area contributed by atoms with Crippen LogP contribution in [-0.4, -0.2) is 39.0 Å². The first-order valence-electron chi connectivity index (χ1n) is 6.45. The molecule has 0 amide bonds. The number of anilines is 2. The van der Waals surface area contributed by atoms with E-state index in [1.807, 2.05) is 13.1 Å². The Morgan fingerprint density at radius 3 is 2.37 bits per heavy atom. The Morgan fingerprint density at radius 2 is 1.84 bits per heavy atom. The molecule has 0 aromatic heterocycles. The summed E-state index contributed by atoms with van der Waals surface area (Å²) in [4.78, 5) is 2.10. The van der Waals surface area contributed by atoms with Crippen molar-refractivity contribution in [1.29, 1.82) is 0 Å². The van der Waals surface area contributed by atoms with Crippen molar-refractivity contribution < 1.29 is 14.6 Å². The van der Waals surface area contributed by atoms with Crippen LogP contribution < -0.4 is 20.1 Å². The Bertz CT molecular complexity index is 445. The van der Waals surface area contributed by atoms with Crippen LogP contribution in [0.1, 0.15) is 12.8 Å². The lowest BCUT2D eigenvalue weighted by Gasteiger charge is -2.35. The van der Waals surface area contributed by atoms with Gasteiger partial charge in [-0.25, -0.2) is 0 Å². The van der Waals surface area contributed by atoms with Crippen molar-refractivity contribution in [2.24, 2.45) is 5.92 Å². The van der Waals surface area contributed by atoms with E-state index in [1.54, 1.807) is 20.3 Å². The molecule has 1 fully saturated rings. The fourth-order valence-corrected chi connectivity index (χ4v) is 2.55. The number of nitrogens with two attached hydrogens (primary N) is 1. The van der Waals surface area contributed by atoms with Gasteiger partial charge in [-0.2, -0.15) is 0 Å². The largest absolute Gasteiger partial charge is 0.493 e. The highest BCUT2D eigenvalue weighted by Gasteiger charge is 2.28. The molecule has 1 saturated carbocycles. The van der Waals surface area contributed by atoms with Gasteiger partial charge in [0, 0.05) is 25.7 Å². The van der Waals surface area contributed by atoms with Crippen LogP contribution in [0, 0.1) is 5.92 Å². The summed E-state index contributed by atoms with van der Waals surface area (Å²) in [6.45, 7) is 0.886. The summed E-state index contributed by atoms with van der Waals surface area (Å²) in [5.74, 6) is 1.84. The lowest BCUT2D eigenvalue weighted by molar-refractivity contribution is 0.0465. The Morgan fingerprint density at radius 1 is 1.26 bits per heavy atom. The summed E-state index contributed by atoms with van der Waals surface area (Å²) in [5, 5.41) is 9.33. The smallest absolute Gasteiger partial charge is 0.162 e. The van der Waals surface area contributed by atoms with Crippen molar-refractivity contribution in [2.45, 2.75) is 18.9 Å². The molecule has 1 aromatic rings. The number of nitrogen functional groups attached to an aromatic ring is 1. The van der Waals surface area contributed by atoms with Crippen molar-refractivity contribution in [1.82, 2.24) is 0 Å². The maximum absolute atomic E-state index is 9.33. The maximum Gasteiger partial charge on any atom is 0.162 e. The molecule has 106 valence electrons. The Kier molecular flexibility index (Phi) is 4.04. The van der Waals surface area contributed by atoms with E-state index < -0.39 is 0 Å². The van der Waals surface area contributed by atoms with Crippen LogP contribution in [-0.2, 0) is 0 Å². The van der Waals surface area contributed by atoms with Gasteiger partial charge in [0.15, 0.2) is 11.5 Å². The van der Waals surface area contributed by atoms with Gasteiger partial charge in [-0.1, -0.05) is 0 Å². The number of rotatable bonds is 5. The number of methoxy groups -OCH3 is 2. The molecule has 2 rings (SSSR count). The molecule has 0 heterocycles. The quantitative estimate of drug-likeness (QED) is 0.790. The number of ether oxygens (including phenoxy) is 2. The number of aliphatic hydroxyl groups is 1. The lowest BCUT2D eigenvalue weighted by atomic mass is 9.82. The summed E-state index contributed by atoms with van der Waals surface area (Å²) >= 11 is 0. The van der Waals surface area contributed by atoms with E-state index in [0.29, 0.717) is 23.1 Å². The minimum Gasteiger partial charge on any atom is -0.493 e. The highest BCUT2D eigenvalue weighted by atomic mass is 16.5.